The van der Waals surface area contributed by atoms with Gasteiger partial charge < -0.3 is 15.7 Å². The van der Waals surface area contributed by atoms with E-state index in [1.807, 2.05) is 30.7 Å². The Balaban J connectivity index is 2.46. The molecule has 1 aromatic heterocycles. The van der Waals surface area contributed by atoms with Crippen molar-refractivity contribution in [2.24, 2.45) is 0 Å². The Morgan fingerprint density at radius 2 is 2.16 bits per heavy atom. The van der Waals surface area contributed by atoms with Crippen molar-refractivity contribution in [1.29, 1.82) is 0 Å². The van der Waals surface area contributed by atoms with E-state index in [2.05, 4.69) is 10.6 Å². The molecule has 1 aromatic rings. The maximum atomic E-state index is 11.7. The van der Waals surface area contributed by atoms with E-state index in [0.717, 1.165) is 18.4 Å². The van der Waals surface area contributed by atoms with Crippen LogP contribution in [-0.4, -0.2) is 23.1 Å². The lowest BCUT2D eigenvalue weighted by Gasteiger charge is -2.17. The molecular weight excluding hydrogens is 264 g/mol. The number of aliphatic carboxylic acids is 1. The Morgan fingerprint density at radius 3 is 2.68 bits per heavy atom. The molecule has 0 aliphatic rings. The molecule has 1 rings (SSSR count). The number of nitrogens with one attached hydrogen (secondary N) is 2. The normalized spacial score (nSPS) is 13.6. The van der Waals surface area contributed by atoms with Crippen molar-refractivity contribution in [3.63, 3.8) is 0 Å². The second-order valence-corrected chi connectivity index (χ2v) is 5.21. The fourth-order valence-corrected chi connectivity index (χ4v) is 2.42. The Morgan fingerprint density at radius 1 is 1.42 bits per heavy atom. The van der Waals surface area contributed by atoms with Gasteiger partial charge in [0.25, 0.3) is 0 Å². The molecule has 0 fully saturated rings. The molecule has 5 nitrogen and oxygen atoms in total. The molecule has 0 aliphatic heterocycles. The minimum absolute atomic E-state index is 0.133. The third kappa shape index (κ3) is 5.30. The van der Waals surface area contributed by atoms with E-state index in [0.29, 0.717) is 6.42 Å². The number of amides is 2. The topological polar surface area (TPSA) is 78.4 Å². The van der Waals surface area contributed by atoms with E-state index in [1.54, 1.807) is 11.3 Å². The molecule has 0 bridgehead atoms. The van der Waals surface area contributed by atoms with Gasteiger partial charge in [0, 0.05) is 0 Å². The zero-order chi connectivity index (χ0) is 14.3. The molecule has 0 aromatic carbocycles. The summed E-state index contributed by atoms with van der Waals surface area (Å²) in [6.07, 6.45) is 2.13. The molecule has 19 heavy (non-hydrogen) atoms. The quantitative estimate of drug-likeness (QED) is 0.720. The molecule has 0 radical (unpaired) electrons. The van der Waals surface area contributed by atoms with Crippen LogP contribution in [0, 0.1) is 0 Å². The van der Waals surface area contributed by atoms with Crippen LogP contribution in [0.25, 0.3) is 0 Å². The molecule has 106 valence electrons. The Hall–Kier alpha value is -1.56. The summed E-state index contributed by atoms with van der Waals surface area (Å²) in [5, 5.41) is 18.2. The van der Waals surface area contributed by atoms with Crippen LogP contribution in [0.2, 0.25) is 0 Å². The first-order chi connectivity index (χ1) is 9.04. The lowest BCUT2D eigenvalue weighted by atomic mass is 10.1. The van der Waals surface area contributed by atoms with Crippen molar-refractivity contribution in [1.82, 2.24) is 10.6 Å². The molecule has 0 saturated carbocycles. The van der Waals surface area contributed by atoms with Crippen LogP contribution in [0.3, 0.4) is 0 Å². The van der Waals surface area contributed by atoms with Gasteiger partial charge in [0.1, 0.15) is 6.04 Å². The van der Waals surface area contributed by atoms with Crippen molar-refractivity contribution in [3.05, 3.63) is 22.4 Å². The predicted octanol–water partition coefficient (Wildman–Crippen LogP) is 2.75. The van der Waals surface area contributed by atoms with Crippen molar-refractivity contribution in [3.8, 4) is 0 Å². The van der Waals surface area contributed by atoms with Gasteiger partial charge in [-0.2, -0.15) is 11.3 Å². The summed E-state index contributed by atoms with van der Waals surface area (Å²) in [5.74, 6) is -0.994. The SMILES string of the molecule is CCCC[C@H](NC(=O)NC(C)c1ccsc1)C(=O)O. The van der Waals surface area contributed by atoms with Crippen LogP contribution in [0.15, 0.2) is 16.8 Å². The highest BCUT2D eigenvalue weighted by atomic mass is 32.1. The highest BCUT2D eigenvalue weighted by molar-refractivity contribution is 7.07. The Bertz CT molecular complexity index is 406. The number of thiophene rings is 1. The van der Waals surface area contributed by atoms with Crippen LogP contribution in [-0.2, 0) is 4.79 Å². The number of carbonyl (C=O) groups excluding carboxylic acids is 1. The minimum Gasteiger partial charge on any atom is -0.480 e. The van der Waals surface area contributed by atoms with E-state index >= 15 is 0 Å². The molecule has 1 unspecified atom stereocenters. The summed E-state index contributed by atoms with van der Waals surface area (Å²) < 4.78 is 0. The summed E-state index contributed by atoms with van der Waals surface area (Å²) in [6, 6.07) is 0.533. The average molecular weight is 284 g/mol. The molecular formula is C13H20N2O3S. The molecule has 6 heteroatoms. The number of unbranched alkanes of at least 4 members (excludes halogenated alkanes) is 1. The third-order valence-electron chi connectivity index (χ3n) is 2.84. The largest absolute Gasteiger partial charge is 0.480 e. The first-order valence-electron chi connectivity index (χ1n) is 6.36. The van der Waals surface area contributed by atoms with Gasteiger partial charge in [0.2, 0.25) is 0 Å². The number of carboxylic acids is 1. The van der Waals surface area contributed by atoms with Gasteiger partial charge in [-0.25, -0.2) is 9.59 Å². The molecule has 2 amide bonds. The van der Waals surface area contributed by atoms with Gasteiger partial charge in [-0.1, -0.05) is 19.8 Å². The van der Waals surface area contributed by atoms with Crippen LogP contribution in [0.4, 0.5) is 4.79 Å². The lowest BCUT2D eigenvalue weighted by molar-refractivity contribution is -0.139. The van der Waals surface area contributed by atoms with Gasteiger partial charge in [0.15, 0.2) is 0 Å². The summed E-state index contributed by atoms with van der Waals surface area (Å²) in [7, 11) is 0. The molecule has 0 spiro atoms. The Labute approximate surface area is 117 Å². The number of carboxylic acid groups (broad SMARTS) is 1. The van der Waals surface area contributed by atoms with E-state index < -0.39 is 18.0 Å². The van der Waals surface area contributed by atoms with Crippen molar-refractivity contribution in [2.75, 3.05) is 0 Å². The first kappa shape index (κ1) is 15.5. The van der Waals surface area contributed by atoms with Gasteiger partial charge in [-0.15, -0.1) is 0 Å². The summed E-state index contributed by atoms with van der Waals surface area (Å²) in [6.45, 7) is 3.85. The minimum atomic E-state index is -0.994. The highest BCUT2D eigenvalue weighted by Gasteiger charge is 2.20. The summed E-state index contributed by atoms with van der Waals surface area (Å²) in [5.41, 5.74) is 1.01. The zero-order valence-electron chi connectivity index (χ0n) is 11.2. The van der Waals surface area contributed by atoms with E-state index in [4.69, 9.17) is 5.11 Å². The van der Waals surface area contributed by atoms with Gasteiger partial charge >= 0.3 is 12.0 Å². The standard InChI is InChI=1S/C13H20N2O3S/c1-3-4-5-11(12(16)17)15-13(18)14-9(2)10-6-7-19-8-10/h6-9,11H,3-5H2,1-2H3,(H,16,17)(H2,14,15,18)/t9?,11-/m0/s1. The van der Waals surface area contributed by atoms with Gasteiger partial charge in [-0.3, -0.25) is 0 Å². The fraction of sp³-hybridized carbons (Fsp3) is 0.538. The number of hydrogen-bond donors (Lipinski definition) is 3. The second kappa shape index (κ2) is 7.78. The highest BCUT2D eigenvalue weighted by Crippen LogP contribution is 2.15. The van der Waals surface area contributed by atoms with Crippen LogP contribution in [0.5, 0.6) is 0 Å². The van der Waals surface area contributed by atoms with Crippen molar-refractivity contribution >= 4 is 23.3 Å². The van der Waals surface area contributed by atoms with E-state index in [9.17, 15) is 9.59 Å². The number of hydrogen-bond acceptors (Lipinski definition) is 3. The first-order valence-corrected chi connectivity index (χ1v) is 7.30. The number of carbonyl (C=O) groups is 2. The molecule has 2 atom stereocenters. The Kier molecular flexibility index (Phi) is 6.35. The van der Waals surface area contributed by atoms with Gasteiger partial charge in [-0.05, 0) is 35.7 Å². The van der Waals surface area contributed by atoms with Crippen LogP contribution < -0.4 is 10.6 Å². The molecule has 0 saturated heterocycles. The average Bonchev–Trinajstić information content (AvgIpc) is 2.87. The van der Waals surface area contributed by atoms with E-state index in [-0.39, 0.29) is 6.04 Å². The van der Waals surface area contributed by atoms with Crippen LogP contribution >= 0.6 is 11.3 Å². The smallest absolute Gasteiger partial charge is 0.326 e. The van der Waals surface area contributed by atoms with Gasteiger partial charge in [0.05, 0.1) is 6.04 Å². The van der Waals surface area contributed by atoms with Crippen LogP contribution in [0.1, 0.15) is 44.7 Å². The maximum Gasteiger partial charge on any atom is 0.326 e. The summed E-state index contributed by atoms with van der Waals surface area (Å²) >= 11 is 1.56. The summed E-state index contributed by atoms with van der Waals surface area (Å²) in [4.78, 5) is 22.8. The maximum absolute atomic E-state index is 11.7. The number of rotatable bonds is 7. The van der Waals surface area contributed by atoms with E-state index in [1.165, 1.54) is 0 Å². The fourth-order valence-electron chi connectivity index (χ4n) is 1.67. The molecule has 1 heterocycles. The second-order valence-electron chi connectivity index (χ2n) is 4.43. The monoisotopic (exact) mass is 284 g/mol. The predicted molar refractivity (Wildman–Crippen MR) is 75.4 cm³/mol. The number of urea groups is 1. The zero-order valence-corrected chi connectivity index (χ0v) is 12.0. The van der Waals surface area contributed by atoms with Crippen molar-refractivity contribution in [2.45, 2.75) is 45.2 Å². The molecule has 0 aliphatic carbocycles. The molecule has 3 N–H and O–H groups in total. The lowest BCUT2D eigenvalue weighted by Crippen LogP contribution is -2.46. The van der Waals surface area contributed by atoms with Crippen molar-refractivity contribution < 1.29 is 14.7 Å². The third-order valence-corrected chi connectivity index (χ3v) is 3.54.